The van der Waals surface area contributed by atoms with Crippen molar-refractivity contribution in [1.29, 1.82) is 0 Å². The van der Waals surface area contributed by atoms with Crippen LogP contribution in [-0.2, 0) is 16.8 Å². The summed E-state index contributed by atoms with van der Waals surface area (Å²) in [6.45, 7) is 0. The molecule has 0 aliphatic carbocycles. The number of ether oxygens (including phenoxy) is 1. The first kappa shape index (κ1) is 22.6. The first-order valence-electron chi connectivity index (χ1n) is 9.10. The van der Waals surface area contributed by atoms with Gasteiger partial charge in [-0.05, 0) is 35.4 Å². The summed E-state index contributed by atoms with van der Waals surface area (Å²) < 4.78 is 56.3. The number of nitrogens with zero attached hydrogens (tertiary/aromatic N) is 1. The summed E-state index contributed by atoms with van der Waals surface area (Å²) in [5.41, 5.74) is 0.164. The third kappa shape index (κ3) is 5.14. The number of aromatic nitrogens is 1. The van der Waals surface area contributed by atoms with Gasteiger partial charge in [-0.15, -0.1) is 0 Å². The fourth-order valence-corrected chi connectivity index (χ4v) is 3.32. The molecule has 0 radical (unpaired) electrons. The Bertz CT molecular complexity index is 1020. The maximum Gasteiger partial charge on any atom is 0.461 e. The third-order valence-corrected chi connectivity index (χ3v) is 4.84. The van der Waals surface area contributed by atoms with E-state index in [1.54, 1.807) is 30.3 Å². The molecule has 0 bridgehead atoms. The Morgan fingerprint density at radius 1 is 1.06 bits per heavy atom. The predicted molar refractivity (Wildman–Crippen MR) is 107 cm³/mol. The maximum atomic E-state index is 13.5. The minimum absolute atomic E-state index is 0.190. The lowest BCUT2D eigenvalue weighted by atomic mass is 9.80. The van der Waals surface area contributed by atoms with Crippen LogP contribution in [0.15, 0.2) is 72.9 Å². The molecule has 0 saturated heterocycles. The number of carbonyl (C=O) groups is 1. The van der Waals surface area contributed by atoms with Gasteiger partial charge in [0.2, 0.25) is 6.41 Å². The zero-order valence-corrected chi connectivity index (χ0v) is 16.7. The molecular weight excluding hydrogens is 436 g/mol. The standard InChI is InChI=1S/C22H17ClF4N2O2/c23-17-9-10-19(28-13-17)21(29-14-30,12-15-5-2-1-3-6-15)16-7-4-8-18(11-16)31-22(26,27)20(24)25/h1-11,13-14,20H,12H2,(H,29,30)/t21-/m0/s1. The monoisotopic (exact) mass is 452 g/mol. The molecule has 1 atom stereocenters. The molecule has 0 saturated carbocycles. The first-order chi connectivity index (χ1) is 14.8. The van der Waals surface area contributed by atoms with Gasteiger partial charge in [0.25, 0.3) is 0 Å². The second-order valence-electron chi connectivity index (χ2n) is 6.68. The summed E-state index contributed by atoms with van der Waals surface area (Å²) in [6, 6.07) is 17.5. The molecule has 0 fully saturated rings. The average Bonchev–Trinajstić information content (AvgIpc) is 2.74. The van der Waals surface area contributed by atoms with Crippen molar-refractivity contribution in [2.75, 3.05) is 0 Å². The van der Waals surface area contributed by atoms with Crippen molar-refractivity contribution in [1.82, 2.24) is 10.3 Å². The number of pyridine rings is 1. The maximum absolute atomic E-state index is 13.5. The highest BCUT2D eigenvalue weighted by Crippen LogP contribution is 2.36. The lowest BCUT2D eigenvalue weighted by molar-refractivity contribution is -0.253. The lowest BCUT2D eigenvalue weighted by Crippen LogP contribution is -2.45. The second-order valence-corrected chi connectivity index (χ2v) is 7.12. The molecule has 4 nitrogen and oxygen atoms in total. The van der Waals surface area contributed by atoms with Gasteiger partial charge in [-0.25, -0.2) is 0 Å². The minimum Gasteiger partial charge on any atom is -0.428 e. The molecule has 1 amide bonds. The molecule has 1 aromatic heterocycles. The van der Waals surface area contributed by atoms with E-state index >= 15 is 0 Å². The van der Waals surface area contributed by atoms with Crippen LogP contribution in [-0.4, -0.2) is 23.9 Å². The predicted octanol–water partition coefficient (Wildman–Crippen LogP) is 5.20. The molecule has 0 aliphatic rings. The molecular formula is C22H17ClF4N2O2. The van der Waals surface area contributed by atoms with Crippen molar-refractivity contribution < 1.29 is 27.1 Å². The first-order valence-corrected chi connectivity index (χ1v) is 9.47. The van der Waals surface area contributed by atoms with Crippen molar-refractivity contribution in [3.63, 3.8) is 0 Å². The highest BCUT2D eigenvalue weighted by atomic mass is 35.5. The molecule has 31 heavy (non-hydrogen) atoms. The van der Waals surface area contributed by atoms with Gasteiger partial charge in [-0.2, -0.15) is 17.6 Å². The van der Waals surface area contributed by atoms with Crippen molar-refractivity contribution in [3.05, 3.63) is 94.8 Å². The number of amides is 1. The van der Waals surface area contributed by atoms with E-state index in [1.807, 2.05) is 18.2 Å². The Balaban J connectivity index is 2.14. The van der Waals surface area contributed by atoms with Crippen LogP contribution in [0.4, 0.5) is 17.6 Å². The van der Waals surface area contributed by atoms with Crippen LogP contribution < -0.4 is 10.1 Å². The Morgan fingerprint density at radius 2 is 1.81 bits per heavy atom. The molecule has 2 aromatic carbocycles. The zero-order valence-electron chi connectivity index (χ0n) is 15.9. The van der Waals surface area contributed by atoms with Crippen molar-refractivity contribution in [2.24, 2.45) is 0 Å². The normalized spacial score (nSPS) is 13.5. The second kappa shape index (κ2) is 9.34. The van der Waals surface area contributed by atoms with Gasteiger partial charge >= 0.3 is 12.5 Å². The van der Waals surface area contributed by atoms with Gasteiger partial charge in [0.05, 0.1) is 10.7 Å². The zero-order chi connectivity index (χ0) is 22.5. The summed E-state index contributed by atoms with van der Waals surface area (Å²) in [7, 11) is 0. The molecule has 162 valence electrons. The largest absolute Gasteiger partial charge is 0.461 e. The van der Waals surface area contributed by atoms with E-state index in [1.165, 1.54) is 18.3 Å². The van der Waals surface area contributed by atoms with Gasteiger partial charge < -0.3 is 10.1 Å². The summed E-state index contributed by atoms with van der Waals surface area (Å²) in [6.07, 6.45) is -6.64. The van der Waals surface area contributed by atoms with Gasteiger partial charge in [0.1, 0.15) is 11.3 Å². The highest BCUT2D eigenvalue weighted by Gasteiger charge is 2.44. The van der Waals surface area contributed by atoms with Crippen LogP contribution >= 0.6 is 11.6 Å². The number of benzene rings is 2. The van der Waals surface area contributed by atoms with Gasteiger partial charge in [-0.3, -0.25) is 9.78 Å². The van der Waals surface area contributed by atoms with Crippen molar-refractivity contribution >= 4 is 18.0 Å². The number of nitrogens with one attached hydrogen (secondary N) is 1. The summed E-state index contributed by atoms with van der Waals surface area (Å²) >= 11 is 5.95. The van der Waals surface area contributed by atoms with Crippen LogP contribution in [0, 0.1) is 0 Å². The summed E-state index contributed by atoms with van der Waals surface area (Å²) in [5.74, 6) is -0.484. The van der Waals surface area contributed by atoms with Crippen molar-refractivity contribution in [3.8, 4) is 5.75 Å². The Hall–Kier alpha value is -3.13. The van der Waals surface area contributed by atoms with E-state index in [0.717, 1.165) is 11.6 Å². The Labute approximate surface area is 180 Å². The van der Waals surface area contributed by atoms with E-state index in [-0.39, 0.29) is 6.42 Å². The van der Waals surface area contributed by atoms with E-state index in [4.69, 9.17) is 11.6 Å². The van der Waals surface area contributed by atoms with E-state index < -0.39 is 23.8 Å². The van der Waals surface area contributed by atoms with Gasteiger partial charge in [0.15, 0.2) is 0 Å². The Morgan fingerprint density at radius 3 is 2.42 bits per heavy atom. The molecule has 0 aliphatic heterocycles. The number of hydrogen-bond acceptors (Lipinski definition) is 3. The van der Waals surface area contributed by atoms with E-state index in [2.05, 4.69) is 15.0 Å². The van der Waals surface area contributed by atoms with Crippen LogP contribution in [0.3, 0.4) is 0 Å². The van der Waals surface area contributed by atoms with Gasteiger partial charge in [0, 0.05) is 12.6 Å². The topological polar surface area (TPSA) is 51.2 Å². The minimum atomic E-state index is -4.67. The molecule has 3 aromatic rings. The fraction of sp³-hybridized carbons (Fsp3) is 0.182. The van der Waals surface area contributed by atoms with E-state index in [0.29, 0.717) is 22.7 Å². The summed E-state index contributed by atoms with van der Waals surface area (Å²) in [5, 5.41) is 3.09. The van der Waals surface area contributed by atoms with Crippen LogP contribution in [0.5, 0.6) is 5.75 Å². The van der Waals surface area contributed by atoms with Crippen LogP contribution in [0.1, 0.15) is 16.8 Å². The van der Waals surface area contributed by atoms with Crippen LogP contribution in [0.25, 0.3) is 0 Å². The molecule has 0 spiro atoms. The number of alkyl halides is 4. The quantitative estimate of drug-likeness (QED) is 0.358. The number of hydrogen-bond donors (Lipinski definition) is 1. The number of carbonyl (C=O) groups excluding carboxylic acids is 1. The number of halogens is 5. The van der Waals surface area contributed by atoms with E-state index in [9.17, 15) is 22.4 Å². The van der Waals surface area contributed by atoms with Crippen LogP contribution in [0.2, 0.25) is 5.02 Å². The summed E-state index contributed by atoms with van der Waals surface area (Å²) in [4.78, 5) is 15.9. The van der Waals surface area contributed by atoms with Crippen molar-refractivity contribution in [2.45, 2.75) is 24.5 Å². The molecule has 1 N–H and O–H groups in total. The SMILES string of the molecule is O=CN[C@@](Cc1ccccc1)(c1cccc(OC(F)(F)C(F)F)c1)c1ccc(Cl)cn1. The number of rotatable bonds is 9. The third-order valence-electron chi connectivity index (χ3n) is 4.62. The smallest absolute Gasteiger partial charge is 0.428 e. The highest BCUT2D eigenvalue weighted by molar-refractivity contribution is 6.30. The molecule has 9 heteroatoms. The average molecular weight is 453 g/mol. The fourth-order valence-electron chi connectivity index (χ4n) is 3.21. The lowest BCUT2D eigenvalue weighted by Gasteiger charge is -2.34. The Kier molecular flexibility index (Phi) is 6.80. The molecule has 1 heterocycles. The molecule has 0 unspecified atom stereocenters. The molecule has 3 rings (SSSR count). The van der Waals surface area contributed by atoms with Gasteiger partial charge in [-0.1, -0.05) is 54.1 Å².